The maximum atomic E-state index is 12.9. The number of nitrogens with one attached hydrogen (secondary N) is 1. The first-order chi connectivity index (χ1) is 15.8. The van der Waals surface area contributed by atoms with Crippen LogP contribution < -0.4 is 5.32 Å². The van der Waals surface area contributed by atoms with Gasteiger partial charge in [-0.1, -0.05) is 30.3 Å². The molecule has 1 saturated heterocycles. The molecule has 2 aromatic heterocycles. The van der Waals surface area contributed by atoms with Gasteiger partial charge >= 0.3 is 0 Å². The van der Waals surface area contributed by atoms with Gasteiger partial charge in [0.25, 0.3) is 5.91 Å². The summed E-state index contributed by atoms with van der Waals surface area (Å²) in [5, 5.41) is 11.5. The zero-order chi connectivity index (χ0) is 21.8. The van der Waals surface area contributed by atoms with E-state index in [1.54, 1.807) is 11.8 Å². The zero-order valence-electron chi connectivity index (χ0n) is 17.6. The molecule has 2 aromatic carbocycles. The average molecular weight is 445 g/mol. The minimum absolute atomic E-state index is 0.100. The number of carbonyl (C=O) groups excluding carboxylic acids is 1. The predicted molar refractivity (Wildman–Crippen MR) is 126 cm³/mol. The number of anilines is 1. The maximum Gasteiger partial charge on any atom is 0.256 e. The van der Waals surface area contributed by atoms with Crippen LogP contribution >= 0.6 is 11.8 Å². The molecule has 0 aliphatic carbocycles. The topological polar surface area (TPSA) is 68.5 Å². The van der Waals surface area contributed by atoms with E-state index >= 15 is 0 Å². The van der Waals surface area contributed by atoms with Gasteiger partial charge in [-0.05, 0) is 54.8 Å². The monoisotopic (exact) mass is 444 g/mol. The van der Waals surface area contributed by atoms with Crippen molar-refractivity contribution in [2.24, 2.45) is 0 Å². The molecule has 6 nitrogen and oxygen atoms in total. The van der Waals surface area contributed by atoms with Crippen LogP contribution in [0.15, 0.2) is 77.8 Å². The van der Waals surface area contributed by atoms with Crippen molar-refractivity contribution >= 4 is 29.0 Å². The first-order valence-corrected chi connectivity index (χ1v) is 11.8. The third-order valence-corrected chi connectivity index (χ3v) is 6.74. The molecule has 1 fully saturated rings. The Balaban J connectivity index is 1.24. The third kappa shape index (κ3) is 4.69. The molecule has 0 radical (unpaired) electrons. The first-order valence-electron chi connectivity index (χ1n) is 10.8. The van der Waals surface area contributed by atoms with Gasteiger partial charge in [0, 0.05) is 35.6 Å². The van der Waals surface area contributed by atoms with Crippen LogP contribution in [-0.2, 0) is 11.2 Å². The van der Waals surface area contributed by atoms with Crippen molar-refractivity contribution in [3.8, 4) is 0 Å². The van der Waals surface area contributed by atoms with Gasteiger partial charge in [-0.2, -0.15) is 0 Å². The maximum absolute atomic E-state index is 12.9. The third-order valence-electron chi connectivity index (χ3n) is 5.54. The fourth-order valence-electron chi connectivity index (χ4n) is 3.84. The molecule has 0 saturated carbocycles. The van der Waals surface area contributed by atoms with E-state index in [2.05, 4.69) is 15.5 Å². The molecule has 1 atom stereocenters. The summed E-state index contributed by atoms with van der Waals surface area (Å²) in [7, 11) is 0. The molecule has 32 heavy (non-hydrogen) atoms. The molecule has 1 aliphatic rings. The number of ether oxygens (including phenoxy) is 1. The molecule has 3 heterocycles. The second-order valence-corrected chi connectivity index (χ2v) is 8.88. The summed E-state index contributed by atoms with van der Waals surface area (Å²) in [6, 6.07) is 21.5. The Bertz CT molecular complexity index is 1220. The highest BCUT2D eigenvalue weighted by atomic mass is 32.2. The molecule has 4 aromatic rings. The van der Waals surface area contributed by atoms with Gasteiger partial charge in [0.05, 0.1) is 11.7 Å². The Labute approximate surface area is 191 Å². The summed E-state index contributed by atoms with van der Waals surface area (Å²) in [6.45, 7) is 0.844. The van der Waals surface area contributed by atoms with E-state index < -0.39 is 0 Å². The Morgan fingerprint density at radius 2 is 1.91 bits per heavy atom. The van der Waals surface area contributed by atoms with Gasteiger partial charge in [-0.15, -0.1) is 22.0 Å². The summed E-state index contributed by atoms with van der Waals surface area (Å²) >= 11 is 1.69. The number of hydrogen-bond acceptors (Lipinski definition) is 5. The lowest BCUT2D eigenvalue weighted by Crippen LogP contribution is -2.14. The van der Waals surface area contributed by atoms with Gasteiger partial charge in [0.1, 0.15) is 5.82 Å². The molecular weight excluding hydrogens is 420 g/mol. The number of pyridine rings is 1. The van der Waals surface area contributed by atoms with Crippen LogP contribution in [0.5, 0.6) is 0 Å². The normalized spacial score (nSPS) is 15.8. The van der Waals surface area contributed by atoms with Crippen molar-refractivity contribution in [3.05, 3.63) is 89.9 Å². The molecule has 1 unspecified atom stereocenters. The molecule has 5 rings (SSSR count). The second kappa shape index (κ2) is 9.54. The highest BCUT2D eigenvalue weighted by molar-refractivity contribution is 7.99. The second-order valence-electron chi connectivity index (χ2n) is 7.82. The summed E-state index contributed by atoms with van der Waals surface area (Å²) in [6.07, 6.45) is 5.14. The van der Waals surface area contributed by atoms with E-state index in [1.165, 1.54) is 0 Å². The molecule has 0 bridgehead atoms. The van der Waals surface area contributed by atoms with E-state index in [0.29, 0.717) is 12.0 Å². The number of aromatic nitrogens is 3. The van der Waals surface area contributed by atoms with Crippen molar-refractivity contribution in [3.63, 3.8) is 0 Å². The standard InChI is InChI=1S/C25H24N4O2S/c30-25(21-7-1-2-8-22(21)32-17-20-6-5-15-31-20)26-19-12-10-18(11-13-19)16-24-28-27-23-9-3-4-14-29(23)24/h1-4,7-14,20H,5-6,15-17H2,(H,26,30). The molecule has 7 heteroatoms. The van der Waals surface area contributed by atoms with Crippen LogP contribution in [0.1, 0.15) is 34.6 Å². The fraction of sp³-hybridized carbons (Fsp3) is 0.240. The van der Waals surface area contributed by atoms with Crippen molar-refractivity contribution in [2.45, 2.75) is 30.3 Å². The van der Waals surface area contributed by atoms with Gasteiger partial charge in [0.15, 0.2) is 5.65 Å². The summed E-state index contributed by atoms with van der Waals surface area (Å²) in [5.41, 5.74) is 3.40. The smallest absolute Gasteiger partial charge is 0.256 e. The van der Waals surface area contributed by atoms with Gasteiger partial charge in [-0.3, -0.25) is 9.20 Å². The Hall–Kier alpha value is -3.16. The highest BCUT2D eigenvalue weighted by Gasteiger charge is 2.18. The van der Waals surface area contributed by atoms with E-state index in [1.807, 2.05) is 77.3 Å². The number of thioether (sulfide) groups is 1. The lowest BCUT2D eigenvalue weighted by molar-refractivity contribution is 0.102. The molecule has 1 aliphatic heterocycles. The minimum Gasteiger partial charge on any atom is -0.377 e. The Kier molecular flexibility index (Phi) is 6.18. The number of hydrogen-bond donors (Lipinski definition) is 1. The Morgan fingerprint density at radius 1 is 1.06 bits per heavy atom. The van der Waals surface area contributed by atoms with Crippen molar-refractivity contribution in [1.82, 2.24) is 14.6 Å². The van der Waals surface area contributed by atoms with E-state index in [9.17, 15) is 4.79 Å². The number of fused-ring (bicyclic) bond motifs is 1. The number of carbonyl (C=O) groups is 1. The SMILES string of the molecule is O=C(Nc1ccc(Cc2nnc3ccccn23)cc1)c1ccccc1SCC1CCCO1. The predicted octanol–water partition coefficient (Wildman–Crippen LogP) is 4.84. The Morgan fingerprint density at radius 3 is 2.75 bits per heavy atom. The minimum atomic E-state index is -0.100. The van der Waals surface area contributed by atoms with Gasteiger partial charge in [0.2, 0.25) is 0 Å². The van der Waals surface area contributed by atoms with Crippen LogP contribution in [0.4, 0.5) is 5.69 Å². The van der Waals surface area contributed by atoms with Crippen LogP contribution in [0.2, 0.25) is 0 Å². The molecular formula is C25H24N4O2S. The van der Waals surface area contributed by atoms with Crippen LogP contribution in [0.3, 0.4) is 0 Å². The summed E-state index contributed by atoms with van der Waals surface area (Å²) in [5.74, 6) is 1.65. The quantitative estimate of drug-likeness (QED) is 0.413. The van der Waals surface area contributed by atoms with E-state index in [4.69, 9.17) is 4.74 Å². The largest absolute Gasteiger partial charge is 0.377 e. The van der Waals surface area contributed by atoms with Crippen molar-refractivity contribution < 1.29 is 9.53 Å². The molecule has 162 valence electrons. The summed E-state index contributed by atoms with van der Waals surface area (Å²) < 4.78 is 7.70. The zero-order valence-corrected chi connectivity index (χ0v) is 18.4. The van der Waals surface area contributed by atoms with E-state index in [0.717, 1.165) is 52.8 Å². The summed E-state index contributed by atoms with van der Waals surface area (Å²) in [4.78, 5) is 13.9. The van der Waals surface area contributed by atoms with Gasteiger partial charge < -0.3 is 10.1 Å². The van der Waals surface area contributed by atoms with Crippen molar-refractivity contribution in [1.29, 1.82) is 0 Å². The van der Waals surface area contributed by atoms with Crippen LogP contribution in [0.25, 0.3) is 5.65 Å². The number of rotatable bonds is 7. The highest BCUT2D eigenvalue weighted by Crippen LogP contribution is 2.27. The van der Waals surface area contributed by atoms with Crippen LogP contribution in [0, 0.1) is 0 Å². The van der Waals surface area contributed by atoms with E-state index in [-0.39, 0.29) is 12.0 Å². The fourth-order valence-corrected chi connectivity index (χ4v) is 4.96. The van der Waals surface area contributed by atoms with Gasteiger partial charge in [-0.25, -0.2) is 0 Å². The molecule has 0 spiro atoms. The number of amides is 1. The number of benzene rings is 2. The molecule has 1 amide bonds. The number of nitrogens with zero attached hydrogens (tertiary/aromatic N) is 3. The lowest BCUT2D eigenvalue weighted by atomic mass is 10.1. The first kappa shape index (κ1) is 20.7. The molecule has 1 N–H and O–H groups in total. The van der Waals surface area contributed by atoms with Crippen LogP contribution in [-0.4, -0.2) is 39.0 Å². The lowest BCUT2D eigenvalue weighted by Gasteiger charge is -2.12. The van der Waals surface area contributed by atoms with Crippen molar-refractivity contribution in [2.75, 3.05) is 17.7 Å². The average Bonchev–Trinajstić information content (AvgIpc) is 3.50.